The molecule has 1 aromatic rings. The molecule has 0 bridgehead atoms. The predicted octanol–water partition coefficient (Wildman–Crippen LogP) is 1.88. The van der Waals surface area contributed by atoms with Gasteiger partial charge in [-0.15, -0.1) is 0 Å². The zero-order chi connectivity index (χ0) is 18.9. The Balaban J connectivity index is 1.77. The molecule has 26 heavy (non-hydrogen) atoms. The highest BCUT2D eigenvalue weighted by Gasteiger charge is 2.48. The molecular weight excluding hydrogens is 340 g/mol. The maximum atomic E-state index is 12.5. The molecule has 0 aromatic heterocycles. The van der Waals surface area contributed by atoms with Crippen LogP contribution in [0.1, 0.15) is 38.1 Å². The van der Waals surface area contributed by atoms with Crippen molar-refractivity contribution in [1.29, 1.82) is 0 Å². The quantitative estimate of drug-likeness (QED) is 0.797. The SMILES string of the molecule is CC1(C)OC[C@@H]([C@@H](O)[C@H](OC(=O)c2ccccc2)[C@@H]2COC(C)(C)O2)O1. The van der Waals surface area contributed by atoms with Gasteiger partial charge in [0.2, 0.25) is 0 Å². The van der Waals surface area contributed by atoms with Crippen LogP contribution in [0.3, 0.4) is 0 Å². The summed E-state index contributed by atoms with van der Waals surface area (Å²) in [6.07, 6.45) is -3.32. The van der Waals surface area contributed by atoms with E-state index >= 15 is 0 Å². The lowest BCUT2D eigenvalue weighted by Crippen LogP contribution is -2.49. The first kappa shape index (κ1) is 19.3. The molecule has 7 heteroatoms. The third kappa shape index (κ3) is 4.42. The zero-order valence-electron chi connectivity index (χ0n) is 15.5. The number of aliphatic hydroxyl groups excluding tert-OH is 1. The molecule has 0 amide bonds. The number of rotatable bonds is 5. The van der Waals surface area contributed by atoms with Crippen molar-refractivity contribution in [2.45, 2.75) is 63.7 Å². The van der Waals surface area contributed by atoms with Crippen molar-refractivity contribution in [2.24, 2.45) is 0 Å². The predicted molar refractivity (Wildman–Crippen MR) is 91.5 cm³/mol. The van der Waals surface area contributed by atoms with Gasteiger partial charge in [-0.05, 0) is 39.8 Å². The average molecular weight is 366 g/mol. The lowest BCUT2D eigenvalue weighted by Gasteiger charge is -2.31. The lowest BCUT2D eigenvalue weighted by atomic mass is 10.0. The second-order valence-electron chi connectivity index (χ2n) is 7.46. The van der Waals surface area contributed by atoms with Gasteiger partial charge in [-0.3, -0.25) is 0 Å². The highest BCUT2D eigenvalue weighted by atomic mass is 16.8. The van der Waals surface area contributed by atoms with Crippen molar-refractivity contribution < 1.29 is 33.6 Å². The second-order valence-corrected chi connectivity index (χ2v) is 7.46. The Morgan fingerprint density at radius 3 is 2.08 bits per heavy atom. The highest BCUT2D eigenvalue weighted by molar-refractivity contribution is 5.89. The van der Waals surface area contributed by atoms with Crippen molar-refractivity contribution in [1.82, 2.24) is 0 Å². The van der Waals surface area contributed by atoms with Gasteiger partial charge in [0.25, 0.3) is 0 Å². The summed E-state index contributed by atoms with van der Waals surface area (Å²) in [5.74, 6) is -2.15. The Morgan fingerprint density at radius 1 is 1.04 bits per heavy atom. The number of hydrogen-bond acceptors (Lipinski definition) is 7. The molecule has 0 aliphatic carbocycles. The van der Waals surface area contributed by atoms with Crippen LogP contribution in [0.5, 0.6) is 0 Å². The Hall–Kier alpha value is -1.51. The molecule has 2 fully saturated rings. The van der Waals surface area contributed by atoms with Crippen LogP contribution >= 0.6 is 0 Å². The molecule has 0 unspecified atom stereocenters. The number of benzene rings is 1. The van der Waals surface area contributed by atoms with Gasteiger partial charge in [0.05, 0.1) is 18.8 Å². The zero-order valence-corrected chi connectivity index (χ0v) is 15.5. The Morgan fingerprint density at radius 2 is 1.58 bits per heavy atom. The number of hydrogen-bond donors (Lipinski definition) is 1. The van der Waals surface area contributed by atoms with Crippen LogP contribution in [0.2, 0.25) is 0 Å². The van der Waals surface area contributed by atoms with E-state index in [0.717, 1.165) is 0 Å². The summed E-state index contributed by atoms with van der Waals surface area (Å²) in [5.41, 5.74) is 0.395. The van der Waals surface area contributed by atoms with Crippen molar-refractivity contribution in [3.63, 3.8) is 0 Å². The van der Waals surface area contributed by atoms with Gasteiger partial charge in [-0.2, -0.15) is 0 Å². The van der Waals surface area contributed by atoms with Crippen molar-refractivity contribution >= 4 is 5.97 Å². The first-order valence-corrected chi connectivity index (χ1v) is 8.74. The summed E-state index contributed by atoms with van der Waals surface area (Å²) >= 11 is 0. The van der Waals surface area contributed by atoms with E-state index in [4.69, 9.17) is 23.7 Å². The van der Waals surface area contributed by atoms with E-state index in [-0.39, 0.29) is 13.2 Å². The van der Waals surface area contributed by atoms with Gasteiger partial charge in [-0.25, -0.2) is 4.79 Å². The van der Waals surface area contributed by atoms with Crippen molar-refractivity contribution in [3.05, 3.63) is 35.9 Å². The van der Waals surface area contributed by atoms with Gasteiger partial charge in [-0.1, -0.05) is 18.2 Å². The Kier molecular flexibility index (Phi) is 5.37. The number of ether oxygens (including phenoxy) is 5. The fraction of sp³-hybridized carbons (Fsp3) is 0.632. The van der Waals surface area contributed by atoms with E-state index in [9.17, 15) is 9.90 Å². The molecule has 2 saturated heterocycles. The number of esters is 1. The number of carbonyl (C=O) groups is 1. The van der Waals surface area contributed by atoms with Gasteiger partial charge in [0, 0.05) is 0 Å². The molecular formula is C19H26O7. The Labute approximate surface area is 153 Å². The third-order valence-corrected chi connectivity index (χ3v) is 4.40. The molecule has 0 spiro atoms. The topological polar surface area (TPSA) is 83.5 Å². The van der Waals surface area contributed by atoms with Crippen LogP contribution in [-0.4, -0.2) is 60.3 Å². The van der Waals surface area contributed by atoms with E-state index in [1.54, 1.807) is 52.0 Å². The summed E-state index contributed by atoms with van der Waals surface area (Å²) < 4.78 is 28.3. The fourth-order valence-corrected chi connectivity index (χ4v) is 3.10. The first-order valence-electron chi connectivity index (χ1n) is 8.74. The van der Waals surface area contributed by atoms with Crippen LogP contribution < -0.4 is 0 Å². The minimum absolute atomic E-state index is 0.199. The summed E-state index contributed by atoms with van der Waals surface area (Å²) in [4.78, 5) is 12.5. The monoisotopic (exact) mass is 366 g/mol. The molecule has 7 nitrogen and oxygen atoms in total. The molecule has 4 atom stereocenters. The van der Waals surface area contributed by atoms with E-state index in [1.807, 2.05) is 6.07 Å². The summed E-state index contributed by atoms with van der Waals surface area (Å²) in [5, 5.41) is 10.8. The third-order valence-electron chi connectivity index (χ3n) is 4.40. The molecule has 2 aliphatic heterocycles. The molecule has 1 aromatic carbocycles. The first-order chi connectivity index (χ1) is 12.2. The summed E-state index contributed by atoms with van der Waals surface area (Å²) in [6.45, 7) is 7.48. The van der Waals surface area contributed by atoms with E-state index in [2.05, 4.69) is 0 Å². The molecule has 2 heterocycles. The van der Waals surface area contributed by atoms with Crippen LogP contribution in [-0.2, 0) is 23.7 Å². The van der Waals surface area contributed by atoms with Crippen LogP contribution in [0, 0.1) is 0 Å². The van der Waals surface area contributed by atoms with Gasteiger partial charge < -0.3 is 28.8 Å². The normalized spacial score (nSPS) is 29.3. The minimum atomic E-state index is -1.12. The largest absolute Gasteiger partial charge is 0.453 e. The molecule has 3 rings (SSSR count). The number of aliphatic hydroxyl groups is 1. The van der Waals surface area contributed by atoms with Gasteiger partial charge in [0.1, 0.15) is 18.3 Å². The molecule has 144 valence electrons. The van der Waals surface area contributed by atoms with Gasteiger partial charge >= 0.3 is 5.97 Å². The smallest absolute Gasteiger partial charge is 0.338 e. The fourth-order valence-electron chi connectivity index (χ4n) is 3.10. The van der Waals surface area contributed by atoms with E-state index < -0.39 is 42.0 Å². The van der Waals surface area contributed by atoms with Gasteiger partial charge in [0.15, 0.2) is 17.7 Å². The Bertz CT molecular complexity index is 628. The highest BCUT2D eigenvalue weighted by Crippen LogP contribution is 2.31. The van der Waals surface area contributed by atoms with Crippen LogP contribution in [0.4, 0.5) is 0 Å². The maximum absolute atomic E-state index is 12.5. The van der Waals surface area contributed by atoms with E-state index in [1.165, 1.54) is 0 Å². The standard InChI is InChI=1S/C19H26O7/c1-18(2)22-10-13(25-18)15(20)16(14-11-23-19(3,4)26-14)24-17(21)12-8-6-5-7-9-12/h5-9,13-16,20H,10-11H2,1-4H3/t13-,14-,15+,16+/m0/s1. The van der Waals surface area contributed by atoms with Crippen LogP contribution in [0.25, 0.3) is 0 Å². The average Bonchev–Trinajstić information content (AvgIpc) is 3.14. The van der Waals surface area contributed by atoms with E-state index in [0.29, 0.717) is 5.56 Å². The minimum Gasteiger partial charge on any atom is -0.453 e. The second kappa shape index (κ2) is 7.25. The summed E-state index contributed by atoms with van der Waals surface area (Å²) in [6, 6.07) is 8.61. The van der Waals surface area contributed by atoms with Crippen molar-refractivity contribution in [3.8, 4) is 0 Å². The molecule has 1 N–H and O–H groups in total. The number of carbonyl (C=O) groups excluding carboxylic acids is 1. The molecule has 0 saturated carbocycles. The molecule has 0 radical (unpaired) electrons. The van der Waals surface area contributed by atoms with Crippen LogP contribution in [0.15, 0.2) is 30.3 Å². The maximum Gasteiger partial charge on any atom is 0.338 e. The van der Waals surface area contributed by atoms with Crippen molar-refractivity contribution in [2.75, 3.05) is 13.2 Å². The molecule has 2 aliphatic rings. The summed E-state index contributed by atoms with van der Waals surface area (Å²) in [7, 11) is 0. The lowest BCUT2D eigenvalue weighted by molar-refractivity contribution is -0.184.